The van der Waals surface area contributed by atoms with Crippen LogP contribution in [0.4, 0.5) is 9.18 Å². The van der Waals surface area contributed by atoms with Crippen molar-refractivity contribution in [3.05, 3.63) is 66.0 Å². The van der Waals surface area contributed by atoms with Gasteiger partial charge in [0, 0.05) is 32.7 Å². The number of fused-ring (bicyclic) bond motifs is 1. The van der Waals surface area contributed by atoms with Crippen LogP contribution in [0.1, 0.15) is 5.56 Å². The number of carbonyl (C=O) groups excluding carboxylic acids is 1. The molecule has 0 bridgehead atoms. The minimum absolute atomic E-state index is 0.0962. The molecule has 142 valence electrons. The second kappa shape index (κ2) is 6.94. The van der Waals surface area contributed by atoms with Gasteiger partial charge in [0.15, 0.2) is 0 Å². The molecule has 2 aromatic rings. The molecule has 2 aliphatic heterocycles. The van der Waals surface area contributed by atoms with Crippen molar-refractivity contribution < 1.29 is 17.6 Å². The van der Waals surface area contributed by atoms with Gasteiger partial charge < -0.3 is 9.80 Å². The van der Waals surface area contributed by atoms with Gasteiger partial charge in [0.1, 0.15) is 5.82 Å². The number of amides is 2. The van der Waals surface area contributed by atoms with Crippen LogP contribution in [-0.4, -0.2) is 60.8 Å². The van der Waals surface area contributed by atoms with E-state index >= 15 is 0 Å². The standard InChI is InChI=1S/C19H20FN3O3S/c20-16-8-6-15(7-9-16)12-21-13-17-14-22(10-11-23(17)19(21)24)27(25,26)18-4-2-1-3-5-18/h1-9,17H,10-14H2/t17-/m0/s1. The Morgan fingerprint density at radius 2 is 1.67 bits per heavy atom. The third kappa shape index (κ3) is 3.42. The van der Waals surface area contributed by atoms with Gasteiger partial charge in [-0.15, -0.1) is 0 Å². The van der Waals surface area contributed by atoms with Crippen molar-refractivity contribution >= 4 is 16.1 Å². The number of hydrogen-bond donors (Lipinski definition) is 0. The van der Waals surface area contributed by atoms with Crippen LogP contribution in [0, 0.1) is 5.82 Å². The number of halogens is 1. The average Bonchev–Trinajstić information content (AvgIpc) is 2.99. The smallest absolute Gasteiger partial charge is 0.318 e. The summed E-state index contributed by atoms with van der Waals surface area (Å²) in [5.74, 6) is -0.314. The number of benzene rings is 2. The van der Waals surface area contributed by atoms with Crippen LogP contribution in [0.5, 0.6) is 0 Å². The zero-order valence-corrected chi connectivity index (χ0v) is 15.5. The van der Waals surface area contributed by atoms with Gasteiger partial charge in [0.2, 0.25) is 10.0 Å². The molecule has 0 radical (unpaired) electrons. The predicted octanol–water partition coefficient (Wildman–Crippen LogP) is 2.14. The third-order valence-electron chi connectivity index (χ3n) is 5.06. The molecule has 0 aromatic heterocycles. The van der Waals surface area contributed by atoms with Gasteiger partial charge in [-0.25, -0.2) is 17.6 Å². The Kier molecular flexibility index (Phi) is 4.61. The number of hydrogen-bond acceptors (Lipinski definition) is 3. The lowest BCUT2D eigenvalue weighted by Crippen LogP contribution is -2.53. The molecule has 27 heavy (non-hydrogen) atoms. The predicted molar refractivity (Wildman–Crippen MR) is 97.9 cm³/mol. The number of piperazine rings is 1. The molecule has 6 nitrogen and oxygen atoms in total. The van der Waals surface area contributed by atoms with Crippen molar-refractivity contribution in [3.8, 4) is 0 Å². The Morgan fingerprint density at radius 1 is 0.963 bits per heavy atom. The highest BCUT2D eigenvalue weighted by atomic mass is 32.2. The Hall–Kier alpha value is -2.45. The summed E-state index contributed by atoms with van der Waals surface area (Å²) in [5.41, 5.74) is 0.846. The number of carbonyl (C=O) groups is 1. The van der Waals surface area contributed by atoms with Gasteiger partial charge in [-0.05, 0) is 29.8 Å². The zero-order chi connectivity index (χ0) is 19.0. The molecule has 0 N–H and O–H groups in total. The molecule has 0 spiro atoms. The van der Waals surface area contributed by atoms with E-state index in [1.165, 1.54) is 16.4 Å². The minimum atomic E-state index is -3.56. The Morgan fingerprint density at radius 3 is 2.37 bits per heavy atom. The van der Waals surface area contributed by atoms with Gasteiger partial charge in [-0.1, -0.05) is 30.3 Å². The Labute approximate surface area is 157 Å². The van der Waals surface area contributed by atoms with E-state index in [2.05, 4.69) is 0 Å². The molecule has 2 fully saturated rings. The highest BCUT2D eigenvalue weighted by molar-refractivity contribution is 7.89. The first-order chi connectivity index (χ1) is 12.9. The van der Waals surface area contributed by atoms with Gasteiger partial charge >= 0.3 is 6.03 Å². The molecule has 2 heterocycles. The van der Waals surface area contributed by atoms with E-state index in [-0.39, 0.29) is 35.9 Å². The number of urea groups is 1. The summed E-state index contributed by atoms with van der Waals surface area (Å²) in [6, 6.07) is 14.1. The molecule has 0 unspecified atom stereocenters. The SMILES string of the molecule is O=C1N(Cc2ccc(F)cc2)C[C@H]2CN(S(=O)(=O)c3ccccc3)CCN12. The maximum absolute atomic E-state index is 13.1. The van der Waals surface area contributed by atoms with Gasteiger partial charge in [0.05, 0.1) is 10.9 Å². The van der Waals surface area contributed by atoms with Crippen LogP contribution >= 0.6 is 0 Å². The molecule has 8 heteroatoms. The second-order valence-corrected chi connectivity index (χ2v) is 8.75. The van der Waals surface area contributed by atoms with Crippen LogP contribution in [0.3, 0.4) is 0 Å². The molecule has 2 amide bonds. The molecule has 0 saturated carbocycles. The second-order valence-electron chi connectivity index (χ2n) is 6.81. The maximum atomic E-state index is 13.1. The van der Waals surface area contributed by atoms with Crippen LogP contribution < -0.4 is 0 Å². The lowest BCUT2D eigenvalue weighted by molar-refractivity contribution is 0.159. The summed E-state index contributed by atoms with van der Waals surface area (Å²) in [6.45, 7) is 1.77. The quantitative estimate of drug-likeness (QED) is 0.805. The largest absolute Gasteiger partial charge is 0.320 e. The molecule has 2 saturated heterocycles. The lowest BCUT2D eigenvalue weighted by atomic mass is 10.2. The van der Waals surface area contributed by atoms with Crippen molar-refractivity contribution in [1.29, 1.82) is 0 Å². The topological polar surface area (TPSA) is 60.9 Å². The molecule has 2 aromatic carbocycles. The van der Waals surface area contributed by atoms with Crippen molar-refractivity contribution in [3.63, 3.8) is 0 Å². The molecular weight excluding hydrogens is 369 g/mol. The van der Waals surface area contributed by atoms with E-state index in [9.17, 15) is 17.6 Å². The van der Waals surface area contributed by atoms with Crippen LogP contribution in [-0.2, 0) is 16.6 Å². The monoisotopic (exact) mass is 389 g/mol. The summed E-state index contributed by atoms with van der Waals surface area (Å²) in [4.78, 5) is 16.3. The Bertz CT molecular complexity index is 934. The van der Waals surface area contributed by atoms with E-state index < -0.39 is 10.0 Å². The average molecular weight is 389 g/mol. The van der Waals surface area contributed by atoms with Gasteiger partial charge in [0.25, 0.3) is 0 Å². The highest BCUT2D eigenvalue weighted by Gasteiger charge is 2.43. The normalized spacial score (nSPS) is 20.8. The summed E-state index contributed by atoms with van der Waals surface area (Å²) in [6.07, 6.45) is 0. The summed E-state index contributed by atoms with van der Waals surface area (Å²) < 4.78 is 40.2. The summed E-state index contributed by atoms with van der Waals surface area (Å²) >= 11 is 0. The van der Waals surface area contributed by atoms with Crippen molar-refractivity contribution in [1.82, 2.24) is 14.1 Å². The molecular formula is C19H20FN3O3S. The molecule has 1 atom stereocenters. The summed E-state index contributed by atoms with van der Waals surface area (Å²) in [5, 5.41) is 0. The van der Waals surface area contributed by atoms with Crippen molar-refractivity contribution in [2.45, 2.75) is 17.5 Å². The first-order valence-electron chi connectivity index (χ1n) is 8.80. The van der Waals surface area contributed by atoms with E-state index in [4.69, 9.17) is 0 Å². The lowest BCUT2D eigenvalue weighted by Gasteiger charge is -2.35. The van der Waals surface area contributed by atoms with Crippen LogP contribution in [0.25, 0.3) is 0 Å². The number of sulfonamides is 1. The van der Waals surface area contributed by atoms with Crippen molar-refractivity contribution in [2.75, 3.05) is 26.2 Å². The number of nitrogens with zero attached hydrogens (tertiary/aromatic N) is 3. The van der Waals surface area contributed by atoms with E-state index in [0.29, 0.717) is 19.6 Å². The fraction of sp³-hybridized carbons (Fsp3) is 0.316. The number of rotatable bonds is 4. The van der Waals surface area contributed by atoms with E-state index in [0.717, 1.165) is 5.56 Å². The highest BCUT2D eigenvalue weighted by Crippen LogP contribution is 2.26. The minimum Gasteiger partial charge on any atom is -0.318 e. The van der Waals surface area contributed by atoms with Gasteiger partial charge in [-0.3, -0.25) is 0 Å². The Balaban J connectivity index is 1.47. The van der Waals surface area contributed by atoms with E-state index in [1.807, 2.05) is 0 Å². The molecule has 2 aliphatic rings. The fourth-order valence-corrected chi connectivity index (χ4v) is 5.14. The summed E-state index contributed by atoms with van der Waals surface area (Å²) in [7, 11) is -3.56. The zero-order valence-electron chi connectivity index (χ0n) is 14.7. The first-order valence-corrected chi connectivity index (χ1v) is 10.2. The maximum Gasteiger partial charge on any atom is 0.320 e. The van der Waals surface area contributed by atoms with Crippen LogP contribution in [0.15, 0.2) is 59.5 Å². The molecule has 0 aliphatic carbocycles. The first kappa shape index (κ1) is 17.9. The van der Waals surface area contributed by atoms with E-state index in [1.54, 1.807) is 52.3 Å². The molecule has 4 rings (SSSR count). The van der Waals surface area contributed by atoms with Crippen molar-refractivity contribution in [2.24, 2.45) is 0 Å². The third-order valence-corrected chi connectivity index (χ3v) is 6.94. The van der Waals surface area contributed by atoms with Gasteiger partial charge in [-0.2, -0.15) is 4.31 Å². The van der Waals surface area contributed by atoms with Crippen LogP contribution in [0.2, 0.25) is 0 Å². The fourth-order valence-electron chi connectivity index (χ4n) is 3.65.